The molecule has 0 radical (unpaired) electrons. The molecule has 2 aliphatic rings. The third kappa shape index (κ3) is 4.75. The highest BCUT2D eigenvalue weighted by Crippen LogP contribution is 2.55. The highest BCUT2D eigenvalue weighted by atomic mass is 14.9. The quantitative estimate of drug-likeness (QED) is 0.181. The summed E-state index contributed by atoms with van der Waals surface area (Å²) in [5.41, 5.74) is 17.9. The first-order valence-corrected chi connectivity index (χ1v) is 19.7. The minimum Gasteiger partial charge on any atom is -0.228 e. The molecule has 0 aliphatic heterocycles. The van der Waals surface area contributed by atoms with Gasteiger partial charge < -0.3 is 0 Å². The monoisotopic (exact) mass is 716 g/mol. The van der Waals surface area contributed by atoms with Crippen LogP contribution in [0.4, 0.5) is 0 Å². The van der Waals surface area contributed by atoms with E-state index in [1.54, 1.807) is 0 Å². The van der Waals surface area contributed by atoms with Crippen LogP contribution in [0.5, 0.6) is 0 Å². The summed E-state index contributed by atoms with van der Waals surface area (Å²) in [5, 5.41) is 5.08. The van der Waals surface area contributed by atoms with Gasteiger partial charge in [0, 0.05) is 27.5 Å². The van der Waals surface area contributed by atoms with Crippen molar-refractivity contribution < 1.29 is 0 Å². The zero-order chi connectivity index (χ0) is 37.8. The molecule has 266 valence electrons. The van der Waals surface area contributed by atoms with Crippen LogP contribution in [-0.4, -0.2) is 9.97 Å². The molecule has 0 fully saturated rings. The van der Waals surface area contributed by atoms with E-state index in [4.69, 9.17) is 9.97 Å². The average Bonchev–Trinajstić information content (AvgIpc) is 3.61. The van der Waals surface area contributed by atoms with Crippen LogP contribution in [0.25, 0.3) is 88.8 Å². The van der Waals surface area contributed by atoms with E-state index < -0.39 is 0 Å². The largest absolute Gasteiger partial charge is 0.228 e. The van der Waals surface area contributed by atoms with Crippen molar-refractivity contribution in [3.8, 4) is 67.3 Å². The van der Waals surface area contributed by atoms with Crippen molar-refractivity contribution in [2.45, 2.75) is 38.5 Å². The topological polar surface area (TPSA) is 25.8 Å². The second-order valence-electron chi connectivity index (χ2n) is 16.6. The van der Waals surface area contributed by atoms with Crippen LogP contribution in [0, 0.1) is 0 Å². The molecule has 0 N–H and O–H groups in total. The molecule has 2 aliphatic carbocycles. The molecule has 0 saturated carbocycles. The standard InChI is InChI=1S/C54H40N2/c1-53(2)44-26-13-12-24-40(44)50-39-23-11-10-22-38(39)42(31-47(50)53)36-20-14-21-37(28-36)48-32-49(56-52(55-48)33-16-6-5-7-17-33)41-25-15-27-45-51(41)43-29-34-18-8-9-19-35(34)30-46(43)54(45,3)4/h5-32H,1-4H3. The number of hydrogen-bond acceptors (Lipinski definition) is 2. The molecule has 56 heavy (non-hydrogen) atoms. The maximum absolute atomic E-state index is 5.35. The fourth-order valence-corrected chi connectivity index (χ4v) is 9.77. The number of fused-ring (bicyclic) bond motifs is 9. The van der Waals surface area contributed by atoms with E-state index in [0.29, 0.717) is 0 Å². The summed E-state index contributed by atoms with van der Waals surface area (Å²) in [6, 6.07) is 62.0. The fourth-order valence-electron chi connectivity index (χ4n) is 9.77. The molecule has 0 spiro atoms. The number of benzene rings is 8. The summed E-state index contributed by atoms with van der Waals surface area (Å²) in [7, 11) is 0. The first-order valence-electron chi connectivity index (χ1n) is 19.7. The molecule has 1 heterocycles. The Hall–Kier alpha value is -6.64. The first kappa shape index (κ1) is 32.8. The predicted octanol–water partition coefficient (Wildman–Crippen LogP) is 14.1. The third-order valence-corrected chi connectivity index (χ3v) is 12.7. The molecule has 0 amide bonds. The van der Waals surface area contributed by atoms with Crippen molar-refractivity contribution >= 4 is 21.5 Å². The van der Waals surface area contributed by atoms with Gasteiger partial charge in [-0.1, -0.05) is 167 Å². The van der Waals surface area contributed by atoms with E-state index >= 15 is 0 Å². The van der Waals surface area contributed by atoms with Crippen LogP contribution >= 0.6 is 0 Å². The van der Waals surface area contributed by atoms with Gasteiger partial charge in [0.25, 0.3) is 0 Å². The van der Waals surface area contributed by atoms with Gasteiger partial charge in [-0.3, -0.25) is 0 Å². The lowest BCUT2D eigenvalue weighted by atomic mass is 9.80. The lowest BCUT2D eigenvalue weighted by Gasteiger charge is -2.23. The second kappa shape index (κ2) is 11.9. The lowest BCUT2D eigenvalue weighted by Crippen LogP contribution is -2.15. The summed E-state index contributed by atoms with van der Waals surface area (Å²) >= 11 is 0. The molecular formula is C54H40N2. The van der Waals surface area contributed by atoms with Crippen molar-refractivity contribution in [1.29, 1.82) is 0 Å². The Bertz CT molecular complexity index is 3080. The van der Waals surface area contributed by atoms with Crippen molar-refractivity contribution in [2.24, 2.45) is 0 Å². The molecular weight excluding hydrogens is 677 g/mol. The van der Waals surface area contributed by atoms with Gasteiger partial charge in [0.2, 0.25) is 0 Å². The van der Waals surface area contributed by atoms with E-state index in [9.17, 15) is 0 Å². The molecule has 1 aromatic heterocycles. The minimum absolute atomic E-state index is 0.107. The molecule has 0 unspecified atom stereocenters. The molecule has 0 bridgehead atoms. The zero-order valence-electron chi connectivity index (χ0n) is 32.1. The zero-order valence-corrected chi connectivity index (χ0v) is 32.1. The Morgan fingerprint density at radius 2 is 0.946 bits per heavy atom. The number of nitrogens with zero attached hydrogens (tertiary/aromatic N) is 2. The summed E-state index contributed by atoms with van der Waals surface area (Å²) in [6.45, 7) is 9.43. The predicted molar refractivity (Wildman–Crippen MR) is 234 cm³/mol. The van der Waals surface area contributed by atoms with Crippen LogP contribution in [0.3, 0.4) is 0 Å². The SMILES string of the molecule is CC1(C)c2cc3ccccc3cc2-c2c(-c3cc(-c4cccc(-c5cc6c(c7ccccc57)-c5ccccc5C6(C)C)c4)nc(-c4ccccc4)n3)cccc21. The Labute approximate surface area is 328 Å². The maximum atomic E-state index is 5.35. The van der Waals surface area contributed by atoms with Gasteiger partial charge in [-0.05, 0) is 108 Å². The molecule has 9 aromatic rings. The number of rotatable bonds is 4. The van der Waals surface area contributed by atoms with Crippen molar-refractivity contribution in [3.05, 3.63) is 192 Å². The Kier molecular flexibility index (Phi) is 6.98. The molecule has 0 atom stereocenters. The fraction of sp³-hybridized carbons (Fsp3) is 0.111. The normalized spacial score (nSPS) is 14.4. The third-order valence-electron chi connectivity index (χ3n) is 12.7. The van der Waals surface area contributed by atoms with Crippen molar-refractivity contribution in [3.63, 3.8) is 0 Å². The van der Waals surface area contributed by atoms with Crippen LogP contribution in [0.2, 0.25) is 0 Å². The minimum atomic E-state index is -0.147. The Morgan fingerprint density at radius 1 is 0.339 bits per heavy atom. The smallest absolute Gasteiger partial charge is 0.160 e. The Morgan fingerprint density at radius 3 is 1.79 bits per heavy atom. The van der Waals surface area contributed by atoms with Crippen LogP contribution in [0.1, 0.15) is 49.9 Å². The lowest BCUT2D eigenvalue weighted by molar-refractivity contribution is 0.661. The van der Waals surface area contributed by atoms with E-state index in [0.717, 1.165) is 33.9 Å². The van der Waals surface area contributed by atoms with E-state index in [-0.39, 0.29) is 10.8 Å². The molecule has 11 rings (SSSR count). The van der Waals surface area contributed by atoms with Gasteiger partial charge in [0.05, 0.1) is 11.4 Å². The molecule has 2 nitrogen and oxygen atoms in total. The summed E-state index contributed by atoms with van der Waals surface area (Å²) in [6.07, 6.45) is 0. The van der Waals surface area contributed by atoms with Gasteiger partial charge >= 0.3 is 0 Å². The van der Waals surface area contributed by atoms with Gasteiger partial charge in [-0.15, -0.1) is 0 Å². The molecule has 2 heteroatoms. The first-order chi connectivity index (χ1) is 27.3. The summed E-state index contributed by atoms with van der Waals surface area (Å²) < 4.78 is 0. The second-order valence-corrected chi connectivity index (χ2v) is 16.6. The highest BCUT2D eigenvalue weighted by Gasteiger charge is 2.38. The average molecular weight is 717 g/mol. The van der Waals surface area contributed by atoms with Gasteiger partial charge in [-0.2, -0.15) is 0 Å². The van der Waals surface area contributed by atoms with E-state index in [1.165, 1.54) is 77.2 Å². The van der Waals surface area contributed by atoms with E-state index in [2.05, 4.69) is 191 Å². The van der Waals surface area contributed by atoms with E-state index in [1.807, 2.05) is 6.07 Å². The van der Waals surface area contributed by atoms with Crippen LogP contribution in [0.15, 0.2) is 170 Å². The van der Waals surface area contributed by atoms with Crippen LogP contribution < -0.4 is 0 Å². The summed E-state index contributed by atoms with van der Waals surface area (Å²) in [4.78, 5) is 10.6. The number of hydrogen-bond donors (Lipinski definition) is 0. The van der Waals surface area contributed by atoms with Gasteiger partial charge in [0.15, 0.2) is 5.82 Å². The van der Waals surface area contributed by atoms with Gasteiger partial charge in [0.1, 0.15) is 0 Å². The van der Waals surface area contributed by atoms with Crippen molar-refractivity contribution in [1.82, 2.24) is 9.97 Å². The van der Waals surface area contributed by atoms with Crippen molar-refractivity contribution in [2.75, 3.05) is 0 Å². The highest BCUT2D eigenvalue weighted by molar-refractivity contribution is 6.09. The van der Waals surface area contributed by atoms with Crippen LogP contribution in [-0.2, 0) is 10.8 Å². The summed E-state index contributed by atoms with van der Waals surface area (Å²) in [5.74, 6) is 0.722. The van der Waals surface area contributed by atoms with Gasteiger partial charge in [-0.25, -0.2) is 9.97 Å². The molecule has 8 aromatic carbocycles. The maximum Gasteiger partial charge on any atom is 0.160 e. The Balaban J connectivity index is 1.11. The number of aromatic nitrogens is 2. The molecule has 0 saturated heterocycles.